The van der Waals surface area contributed by atoms with Crippen molar-refractivity contribution < 1.29 is 9.90 Å². The van der Waals surface area contributed by atoms with E-state index in [1.165, 1.54) is 6.42 Å². The second-order valence-electron chi connectivity index (χ2n) is 5.49. The highest BCUT2D eigenvalue weighted by atomic mass is 16.3. The number of nitrogens with one attached hydrogen (secondary N) is 2. The Balaban J connectivity index is 1.69. The highest BCUT2D eigenvalue weighted by molar-refractivity contribution is 5.82. The third-order valence-corrected chi connectivity index (χ3v) is 3.66. The highest BCUT2D eigenvalue weighted by Crippen LogP contribution is 2.50. The minimum Gasteiger partial charge on any atom is -0.392 e. The maximum Gasteiger partial charge on any atom is 0.237 e. The van der Waals surface area contributed by atoms with Gasteiger partial charge in [-0.1, -0.05) is 13.8 Å². The summed E-state index contributed by atoms with van der Waals surface area (Å²) in [5.41, 5.74) is 0.413. The van der Waals surface area contributed by atoms with Crippen LogP contribution >= 0.6 is 0 Å². The van der Waals surface area contributed by atoms with E-state index in [4.69, 9.17) is 0 Å². The molecule has 0 bridgehead atoms. The predicted octanol–water partition coefficient (Wildman–Crippen LogP) is -0.128. The van der Waals surface area contributed by atoms with Crippen molar-refractivity contribution in [2.75, 3.05) is 13.1 Å². The first kappa shape index (κ1) is 10.9. The molecule has 0 radical (unpaired) electrons. The average molecular weight is 212 g/mol. The molecular weight excluding hydrogens is 192 g/mol. The molecule has 1 aliphatic carbocycles. The number of hydrogen-bond donors (Lipinski definition) is 3. The lowest BCUT2D eigenvalue weighted by Crippen LogP contribution is -2.41. The molecule has 86 valence electrons. The first-order chi connectivity index (χ1) is 6.99. The number of rotatable bonds is 3. The molecule has 1 saturated carbocycles. The van der Waals surface area contributed by atoms with Crippen molar-refractivity contribution in [3.05, 3.63) is 0 Å². The number of amides is 1. The third kappa shape index (κ3) is 2.49. The van der Waals surface area contributed by atoms with Gasteiger partial charge >= 0.3 is 0 Å². The van der Waals surface area contributed by atoms with E-state index >= 15 is 0 Å². The van der Waals surface area contributed by atoms with Crippen LogP contribution in [0.1, 0.15) is 26.7 Å². The monoisotopic (exact) mass is 212 g/mol. The molecule has 0 spiro atoms. The van der Waals surface area contributed by atoms with Crippen LogP contribution in [0.5, 0.6) is 0 Å². The van der Waals surface area contributed by atoms with Crippen molar-refractivity contribution >= 4 is 5.91 Å². The number of carbonyl (C=O) groups excluding carboxylic acids is 1. The summed E-state index contributed by atoms with van der Waals surface area (Å²) in [4.78, 5) is 11.6. The molecular formula is C11H20N2O2. The Hall–Kier alpha value is -0.610. The van der Waals surface area contributed by atoms with E-state index in [-0.39, 0.29) is 18.1 Å². The van der Waals surface area contributed by atoms with Gasteiger partial charge in [-0.05, 0) is 24.2 Å². The first-order valence-corrected chi connectivity index (χ1v) is 5.68. The molecule has 0 aromatic rings. The van der Waals surface area contributed by atoms with E-state index in [1.54, 1.807) is 0 Å². The second kappa shape index (κ2) is 3.76. The van der Waals surface area contributed by atoms with Gasteiger partial charge in [0.1, 0.15) is 0 Å². The third-order valence-electron chi connectivity index (χ3n) is 3.66. The van der Waals surface area contributed by atoms with Gasteiger partial charge in [0.2, 0.25) is 5.91 Å². The Morgan fingerprint density at radius 3 is 2.73 bits per heavy atom. The smallest absolute Gasteiger partial charge is 0.237 e. The Morgan fingerprint density at radius 1 is 1.60 bits per heavy atom. The molecule has 2 rings (SSSR count). The zero-order valence-electron chi connectivity index (χ0n) is 9.42. The molecule has 0 aromatic carbocycles. The van der Waals surface area contributed by atoms with E-state index in [0.29, 0.717) is 24.3 Å². The molecule has 2 aliphatic rings. The van der Waals surface area contributed by atoms with Gasteiger partial charge in [-0.3, -0.25) is 4.79 Å². The fourth-order valence-electron chi connectivity index (χ4n) is 2.19. The number of carbonyl (C=O) groups is 1. The Kier molecular flexibility index (Phi) is 2.73. The number of aliphatic hydroxyl groups is 1. The Morgan fingerprint density at radius 2 is 2.27 bits per heavy atom. The van der Waals surface area contributed by atoms with Crippen LogP contribution in [-0.4, -0.2) is 36.2 Å². The van der Waals surface area contributed by atoms with Crippen molar-refractivity contribution in [2.45, 2.75) is 38.8 Å². The lowest BCUT2D eigenvalue weighted by Gasteiger charge is -2.11. The summed E-state index contributed by atoms with van der Waals surface area (Å²) in [6, 6.07) is -0.193. The van der Waals surface area contributed by atoms with E-state index in [0.717, 1.165) is 6.54 Å². The fourth-order valence-corrected chi connectivity index (χ4v) is 2.19. The van der Waals surface area contributed by atoms with Crippen LogP contribution in [0.3, 0.4) is 0 Å². The van der Waals surface area contributed by atoms with Gasteiger partial charge in [-0.25, -0.2) is 0 Å². The molecule has 1 saturated heterocycles. The van der Waals surface area contributed by atoms with Gasteiger partial charge in [0.15, 0.2) is 0 Å². The summed E-state index contributed by atoms with van der Waals surface area (Å²) in [6.07, 6.45) is 1.38. The maximum atomic E-state index is 11.6. The Bertz CT molecular complexity index is 265. The van der Waals surface area contributed by atoms with Gasteiger partial charge in [-0.2, -0.15) is 0 Å². The standard InChI is InChI=1S/C11H20N2O2/c1-11(2)4-7(11)5-13-10(15)9-3-8(14)6-12-9/h7-9,12,14H,3-6H2,1-2H3,(H,13,15)/t7?,8-,9+/m0/s1. The normalized spacial score (nSPS) is 37.7. The molecule has 0 aromatic heterocycles. The van der Waals surface area contributed by atoms with E-state index in [1.807, 2.05) is 0 Å². The van der Waals surface area contributed by atoms with Gasteiger partial charge in [0, 0.05) is 13.1 Å². The highest BCUT2D eigenvalue weighted by Gasteiger charge is 2.45. The van der Waals surface area contributed by atoms with Gasteiger partial charge in [0.05, 0.1) is 12.1 Å². The van der Waals surface area contributed by atoms with E-state index in [9.17, 15) is 9.90 Å². The van der Waals surface area contributed by atoms with Crippen LogP contribution in [-0.2, 0) is 4.79 Å². The van der Waals surface area contributed by atoms with Crippen LogP contribution in [0.4, 0.5) is 0 Å². The van der Waals surface area contributed by atoms with Crippen molar-refractivity contribution in [3.63, 3.8) is 0 Å². The predicted molar refractivity (Wildman–Crippen MR) is 57.3 cm³/mol. The molecule has 4 heteroatoms. The average Bonchev–Trinajstić information content (AvgIpc) is 2.59. The minimum atomic E-state index is -0.363. The largest absolute Gasteiger partial charge is 0.392 e. The molecule has 3 atom stereocenters. The van der Waals surface area contributed by atoms with E-state index in [2.05, 4.69) is 24.5 Å². The molecule has 1 aliphatic heterocycles. The summed E-state index contributed by atoms with van der Waals surface area (Å²) in [5.74, 6) is 0.669. The van der Waals surface area contributed by atoms with E-state index < -0.39 is 0 Å². The fraction of sp³-hybridized carbons (Fsp3) is 0.909. The molecule has 1 heterocycles. The zero-order chi connectivity index (χ0) is 11.1. The lowest BCUT2D eigenvalue weighted by molar-refractivity contribution is -0.123. The van der Waals surface area contributed by atoms with Crippen LogP contribution in [0, 0.1) is 11.3 Å². The first-order valence-electron chi connectivity index (χ1n) is 5.68. The van der Waals surface area contributed by atoms with Crippen molar-refractivity contribution in [2.24, 2.45) is 11.3 Å². The lowest BCUT2D eigenvalue weighted by atomic mass is 10.1. The van der Waals surface area contributed by atoms with Crippen molar-refractivity contribution in [3.8, 4) is 0 Å². The summed E-state index contributed by atoms with van der Waals surface area (Å²) in [7, 11) is 0. The van der Waals surface area contributed by atoms with Crippen LogP contribution in [0.25, 0.3) is 0 Å². The van der Waals surface area contributed by atoms with Gasteiger partial charge in [0.25, 0.3) is 0 Å². The van der Waals surface area contributed by atoms with Gasteiger partial charge in [-0.15, -0.1) is 0 Å². The summed E-state index contributed by atoms with van der Waals surface area (Å²) in [5, 5.41) is 15.2. The molecule has 3 N–H and O–H groups in total. The second-order valence-corrected chi connectivity index (χ2v) is 5.49. The minimum absolute atomic E-state index is 0.0363. The van der Waals surface area contributed by atoms with Crippen molar-refractivity contribution in [1.82, 2.24) is 10.6 Å². The van der Waals surface area contributed by atoms with Crippen molar-refractivity contribution in [1.29, 1.82) is 0 Å². The molecule has 1 unspecified atom stereocenters. The van der Waals surface area contributed by atoms with Crippen LogP contribution < -0.4 is 10.6 Å². The molecule has 15 heavy (non-hydrogen) atoms. The number of β-amino-alcohol motifs (C(OH)–C–C–N with tert-alkyl or cyclic N) is 1. The summed E-state index contributed by atoms with van der Waals surface area (Å²) < 4.78 is 0. The SMILES string of the molecule is CC1(C)CC1CNC(=O)[C@H]1C[C@H](O)CN1. The molecule has 2 fully saturated rings. The van der Waals surface area contributed by atoms with Crippen LogP contribution in [0.2, 0.25) is 0 Å². The number of hydrogen-bond acceptors (Lipinski definition) is 3. The maximum absolute atomic E-state index is 11.6. The zero-order valence-corrected chi connectivity index (χ0v) is 9.42. The molecule has 4 nitrogen and oxygen atoms in total. The summed E-state index contributed by atoms with van der Waals surface area (Å²) in [6.45, 7) is 5.76. The topological polar surface area (TPSA) is 61.4 Å². The quantitative estimate of drug-likeness (QED) is 0.611. The summed E-state index contributed by atoms with van der Waals surface area (Å²) >= 11 is 0. The molecule has 1 amide bonds. The van der Waals surface area contributed by atoms with Gasteiger partial charge < -0.3 is 15.7 Å². The number of aliphatic hydroxyl groups excluding tert-OH is 1. The Labute approximate surface area is 90.4 Å². The van der Waals surface area contributed by atoms with Crippen LogP contribution in [0.15, 0.2) is 0 Å².